The lowest BCUT2D eigenvalue weighted by molar-refractivity contribution is -0.138. The van der Waals surface area contributed by atoms with E-state index in [2.05, 4.69) is 6.58 Å². The zero-order chi connectivity index (χ0) is 21.9. The predicted octanol–water partition coefficient (Wildman–Crippen LogP) is 6.00. The molecule has 0 amide bonds. The molecule has 0 aliphatic rings. The Morgan fingerprint density at radius 3 is 1.62 bits per heavy atom. The first-order chi connectivity index (χ1) is 13.4. The minimum absolute atomic E-state index is 0.0171. The van der Waals surface area contributed by atoms with Crippen LogP contribution in [0.3, 0.4) is 0 Å². The fraction of sp³-hybridized carbons (Fsp3) is 0.333. The summed E-state index contributed by atoms with van der Waals surface area (Å²) in [6.45, 7) is 3.54. The summed E-state index contributed by atoms with van der Waals surface area (Å²) >= 11 is 0. The molecule has 2 aromatic carbocycles. The molecule has 2 aromatic rings. The molecule has 0 saturated carbocycles. The number of benzene rings is 2. The molecule has 0 bridgehead atoms. The number of alkyl halides is 6. The third kappa shape index (κ3) is 5.83. The zero-order valence-electron chi connectivity index (χ0n) is 15.3. The van der Waals surface area contributed by atoms with Gasteiger partial charge in [0.05, 0.1) is 22.8 Å². The second kappa shape index (κ2) is 8.59. The molecule has 8 heteroatoms. The van der Waals surface area contributed by atoms with Crippen LogP contribution in [0.2, 0.25) is 0 Å². The average Bonchev–Trinajstić information content (AvgIpc) is 2.65. The molecule has 0 unspecified atom stereocenters. The van der Waals surface area contributed by atoms with Crippen LogP contribution in [0.15, 0.2) is 61.2 Å². The van der Waals surface area contributed by atoms with Gasteiger partial charge in [-0.3, -0.25) is 0 Å². The van der Waals surface area contributed by atoms with Gasteiger partial charge in [-0.05, 0) is 54.7 Å². The second-order valence-corrected chi connectivity index (χ2v) is 6.77. The third-order valence-electron chi connectivity index (χ3n) is 4.69. The number of hydrogen-bond donors (Lipinski definition) is 2. The van der Waals surface area contributed by atoms with E-state index in [9.17, 15) is 36.6 Å². The Morgan fingerprint density at radius 2 is 1.21 bits per heavy atom. The summed E-state index contributed by atoms with van der Waals surface area (Å²) in [7, 11) is 0. The minimum atomic E-state index is -4.51. The van der Waals surface area contributed by atoms with Crippen LogP contribution < -0.4 is 0 Å². The summed E-state index contributed by atoms with van der Waals surface area (Å²) in [5.41, 5.74) is -2.80. The molecule has 0 aromatic heterocycles. The number of halogens is 6. The molecule has 0 spiro atoms. The standard InChI is InChI=1S/C21H20F6O2/c1-2-12-19(29,15-7-9-17(10-8-15)21(25,26)27)13-11-18(28)14-3-5-16(6-4-14)20(22,23)24/h2-10,18,28-29H,1,11-13H2/t18-,19-/m1/s1. The van der Waals surface area contributed by atoms with Crippen LogP contribution in [0.25, 0.3) is 0 Å². The molecule has 158 valence electrons. The van der Waals surface area contributed by atoms with Crippen LogP contribution >= 0.6 is 0 Å². The normalized spacial score (nSPS) is 15.6. The first-order valence-electron chi connectivity index (χ1n) is 8.73. The van der Waals surface area contributed by atoms with E-state index in [1.165, 1.54) is 6.08 Å². The summed E-state index contributed by atoms with van der Waals surface area (Å²) in [6, 6.07) is 8.05. The highest BCUT2D eigenvalue weighted by molar-refractivity contribution is 5.30. The molecule has 29 heavy (non-hydrogen) atoms. The summed E-state index contributed by atoms with van der Waals surface area (Å²) in [6.07, 6.45) is -8.77. The van der Waals surface area contributed by atoms with Crippen LogP contribution in [0.4, 0.5) is 26.3 Å². The van der Waals surface area contributed by atoms with Crippen molar-refractivity contribution in [3.05, 3.63) is 83.4 Å². The molecule has 0 heterocycles. The zero-order valence-corrected chi connectivity index (χ0v) is 15.3. The first-order valence-corrected chi connectivity index (χ1v) is 8.73. The molecular formula is C21H20F6O2. The van der Waals surface area contributed by atoms with Gasteiger partial charge in [0.1, 0.15) is 0 Å². The van der Waals surface area contributed by atoms with Crippen molar-refractivity contribution in [1.82, 2.24) is 0 Å². The smallest absolute Gasteiger partial charge is 0.388 e. The van der Waals surface area contributed by atoms with Crippen molar-refractivity contribution in [3.8, 4) is 0 Å². The van der Waals surface area contributed by atoms with Crippen molar-refractivity contribution >= 4 is 0 Å². The number of aliphatic hydroxyl groups excluding tert-OH is 1. The lowest BCUT2D eigenvalue weighted by atomic mass is 9.84. The summed E-state index contributed by atoms with van der Waals surface area (Å²) < 4.78 is 76.1. The molecule has 2 atom stereocenters. The summed E-state index contributed by atoms with van der Waals surface area (Å²) in [5.74, 6) is 0. The van der Waals surface area contributed by atoms with Crippen molar-refractivity contribution in [3.63, 3.8) is 0 Å². The van der Waals surface area contributed by atoms with Gasteiger partial charge in [0.25, 0.3) is 0 Å². The van der Waals surface area contributed by atoms with Crippen LogP contribution in [0, 0.1) is 0 Å². The van der Waals surface area contributed by atoms with E-state index < -0.39 is 35.2 Å². The maximum Gasteiger partial charge on any atom is 0.416 e. The molecule has 0 aliphatic carbocycles. The largest absolute Gasteiger partial charge is 0.416 e. The van der Waals surface area contributed by atoms with Gasteiger partial charge >= 0.3 is 12.4 Å². The van der Waals surface area contributed by atoms with E-state index in [0.717, 1.165) is 48.5 Å². The van der Waals surface area contributed by atoms with Gasteiger partial charge in [-0.15, -0.1) is 6.58 Å². The Balaban J connectivity index is 2.14. The Morgan fingerprint density at radius 1 is 0.793 bits per heavy atom. The van der Waals surface area contributed by atoms with E-state index in [1.807, 2.05) is 0 Å². The predicted molar refractivity (Wildman–Crippen MR) is 95.8 cm³/mol. The molecule has 2 rings (SSSR count). The molecule has 0 fully saturated rings. The molecule has 0 saturated heterocycles. The SMILES string of the molecule is C=CC[C@@](O)(CC[C@@H](O)c1ccc(C(F)(F)F)cc1)c1ccc(C(F)(F)F)cc1. The van der Waals surface area contributed by atoms with Crippen molar-refractivity contribution in [2.24, 2.45) is 0 Å². The quantitative estimate of drug-likeness (QED) is 0.428. The Labute approximate surface area is 164 Å². The number of rotatable bonds is 7. The van der Waals surface area contributed by atoms with Crippen molar-refractivity contribution < 1.29 is 36.6 Å². The molecule has 2 N–H and O–H groups in total. The van der Waals surface area contributed by atoms with Gasteiger partial charge in [-0.25, -0.2) is 0 Å². The van der Waals surface area contributed by atoms with Crippen molar-refractivity contribution in [2.75, 3.05) is 0 Å². The average molecular weight is 418 g/mol. The fourth-order valence-corrected chi connectivity index (χ4v) is 3.01. The molecule has 2 nitrogen and oxygen atoms in total. The van der Waals surface area contributed by atoms with Crippen molar-refractivity contribution in [2.45, 2.75) is 43.3 Å². The van der Waals surface area contributed by atoms with Crippen LogP contribution in [-0.4, -0.2) is 10.2 Å². The van der Waals surface area contributed by atoms with Gasteiger partial charge in [0.2, 0.25) is 0 Å². The van der Waals surface area contributed by atoms with E-state index in [4.69, 9.17) is 0 Å². The third-order valence-corrected chi connectivity index (χ3v) is 4.69. The molecule has 0 radical (unpaired) electrons. The van der Waals surface area contributed by atoms with E-state index in [0.29, 0.717) is 0 Å². The lowest BCUT2D eigenvalue weighted by Crippen LogP contribution is -2.26. The first kappa shape index (κ1) is 23.0. The Hall–Kier alpha value is -2.32. The lowest BCUT2D eigenvalue weighted by Gasteiger charge is -2.29. The molecule has 0 aliphatic heterocycles. The summed E-state index contributed by atoms with van der Waals surface area (Å²) in [5, 5.41) is 21.2. The van der Waals surface area contributed by atoms with Gasteiger partial charge < -0.3 is 10.2 Å². The van der Waals surface area contributed by atoms with Gasteiger partial charge in [0.15, 0.2) is 0 Å². The highest BCUT2D eigenvalue weighted by Crippen LogP contribution is 2.36. The van der Waals surface area contributed by atoms with Gasteiger partial charge in [-0.2, -0.15) is 26.3 Å². The van der Waals surface area contributed by atoms with Crippen LogP contribution in [0.1, 0.15) is 47.6 Å². The highest BCUT2D eigenvalue weighted by Gasteiger charge is 2.33. The van der Waals surface area contributed by atoms with Crippen LogP contribution in [0.5, 0.6) is 0 Å². The maximum absolute atomic E-state index is 12.7. The monoisotopic (exact) mass is 418 g/mol. The van der Waals surface area contributed by atoms with Crippen molar-refractivity contribution in [1.29, 1.82) is 0 Å². The van der Waals surface area contributed by atoms with Gasteiger partial charge in [-0.1, -0.05) is 30.3 Å². The Kier molecular flexibility index (Phi) is 6.80. The Bertz CT molecular complexity index is 809. The minimum Gasteiger partial charge on any atom is -0.388 e. The van der Waals surface area contributed by atoms with E-state index in [-0.39, 0.29) is 30.4 Å². The maximum atomic E-state index is 12.7. The number of hydrogen-bond acceptors (Lipinski definition) is 2. The second-order valence-electron chi connectivity index (χ2n) is 6.77. The van der Waals surface area contributed by atoms with Gasteiger partial charge in [0, 0.05) is 0 Å². The summed E-state index contributed by atoms with van der Waals surface area (Å²) in [4.78, 5) is 0. The van der Waals surface area contributed by atoms with Crippen LogP contribution in [-0.2, 0) is 18.0 Å². The highest BCUT2D eigenvalue weighted by atomic mass is 19.4. The van der Waals surface area contributed by atoms with E-state index >= 15 is 0 Å². The fourth-order valence-electron chi connectivity index (χ4n) is 3.01. The van der Waals surface area contributed by atoms with E-state index in [1.54, 1.807) is 0 Å². The molecular weight excluding hydrogens is 398 g/mol. The topological polar surface area (TPSA) is 40.5 Å². The number of aliphatic hydroxyl groups is 2.